The van der Waals surface area contributed by atoms with Crippen LogP contribution in [0.5, 0.6) is 0 Å². The summed E-state index contributed by atoms with van der Waals surface area (Å²) in [7, 11) is 0. The topological polar surface area (TPSA) is 8.17 Å². The molecule has 7 aromatic rings. The molecule has 2 atom stereocenters. The minimum absolute atomic E-state index is 0.263. The zero-order valence-corrected chi connectivity index (χ0v) is 24.2. The Morgan fingerprint density at radius 3 is 1.91 bits per heavy atom. The molecular formula is C42H30N2. The average Bonchev–Trinajstić information content (AvgIpc) is 3.61. The Hall–Kier alpha value is -5.60. The van der Waals surface area contributed by atoms with E-state index in [2.05, 4.69) is 179 Å². The highest BCUT2D eigenvalue weighted by atomic mass is 15.2. The van der Waals surface area contributed by atoms with E-state index in [1.807, 2.05) is 0 Å². The molecule has 0 spiro atoms. The number of fused-ring (bicyclic) bond motifs is 6. The third-order valence-electron chi connectivity index (χ3n) is 9.33. The van der Waals surface area contributed by atoms with Crippen molar-refractivity contribution in [3.05, 3.63) is 175 Å². The first kappa shape index (κ1) is 24.9. The number of hydrogen-bond acceptors (Lipinski definition) is 1. The van der Waals surface area contributed by atoms with Crippen molar-refractivity contribution in [2.45, 2.75) is 12.0 Å². The molecule has 0 saturated carbocycles. The van der Waals surface area contributed by atoms with E-state index < -0.39 is 0 Å². The van der Waals surface area contributed by atoms with Gasteiger partial charge in [-0.3, -0.25) is 0 Å². The van der Waals surface area contributed by atoms with Gasteiger partial charge >= 0.3 is 0 Å². The van der Waals surface area contributed by atoms with Crippen molar-refractivity contribution in [3.63, 3.8) is 0 Å². The normalized spacial score (nSPS) is 16.9. The molecule has 1 aliphatic heterocycles. The molecule has 2 heteroatoms. The van der Waals surface area contributed by atoms with Gasteiger partial charge in [0.1, 0.15) is 0 Å². The number of para-hydroxylation sites is 2. The van der Waals surface area contributed by atoms with E-state index in [4.69, 9.17) is 0 Å². The molecule has 44 heavy (non-hydrogen) atoms. The molecule has 9 rings (SSSR count). The highest BCUT2D eigenvalue weighted by Gasteiger charge is 2.37. The molecule has 0 bridgehead atoms. The Labute approximate surface area is 257 Å². The second-order valence-corrected chi connectivity index (χ2v) is 11.8. The summed E-state index contributed by atoms with van der Waals surface area (Å²) in [6.07, 6.45) is 9.08. The average molecular weight is 563 g/mol. The molecule has 0 amide bonds. The predicted molar refractivity (Wildman–Crippen MR) is 185 cm³/mol. The van der Waals surface area contributed by atoms with Crippen molar-refractivity contribution in [3.8, 4) is 27.9 Å². The third-order valence-corrected chi connectivity index (χ3v) is 9.33. The summed E-state index contributed by atoms with van der Waals surface area (Å²) < 4.78 is 2.38. The van der Waals surface area contributed by atoms with Gasteiger partial charge in [-0.2, -0.15) is 0 Å². The van der Waals surface area contributed by atoms with Crippen molar-refractivity contribution >= 4 is 33.2 Å². The van der Waals surface area contributed by atoms with Crippen molar-refractivity contribution < 1.29 is 0 Å². The first-order valence-electron chi connectivity index (χ1n) is 15.4. The van der Waals surface area contributed by atoms with E-state index in [-0.39, 0.29) is 6.04 Å². The molecule has 2 aliphatic rings. The van der Waals surface area contributed by atoms with Gasteiger partial charge in [0.25, 0.3) is 0 Å². The molecule has 2 nitrogen and oxygen atoms in total. The monoisotopic (exact) mass is 562 g/mol. The van der Waals surface area contributed by atoms with Gasteiger partial charge in [0, 0.05) is 33.8 Å². The molecule has 1 aliphatic carbocycles. The lowest BCUT2D eigenvalue weighted by molar-refractivity contribution is 0.745. The fourth-order valence-corrected chi connectivity index (χ4v) is 7.27. The molecule has 0 N–H and O–H groups in total. The van der Waals surface area contributed by atoms with Crippen LogP contribution >= 0.6 is 0 Å². The maximum Gasteiger partial charge on any atom is 0.0629 e. The highest BCUT2D eigenvalue weighted by molar-refractivity contribution is 6.10. The summed E-state index contributed by atoms with van der Waals surface area (Å²) >= 11 is 0. The van der Waals surface area contributed by atoms with Gasteiger partial charge in [-0.25, -0.2) is 0 Å². The van der Waals surface area contributed by atoms with Crippen LogP contribution in [0.4, 0.5) is 11.4 Å². The summed E-state index contributed by atoms with van der Waals surface area (Å²) in [6, 6.07) is 53.3. The van der Waals surface area contributed by atoms with Crippen molar-refractivity contribution in [1.82, 2.24) is 4.57 Å². The Morgan fingerprint density at radius 1 is 0.432 bits per heavy atom. The highest BCUT2D eigenvalue weighted by Crippen LogP contribution is 2.49. The summed E-state index contributed by atoms with van der Waals surface area (Å²) in [4.78, 5) is 2.53. The predicted octanol–water partition coefficient (Wildman–Crippen LogP) is 10.8. The van der Waals surface area contributed by atoms with Gasteiger partial charge in [0.05, 0.1) is 17.1 Å². The van der Waals surface area contributed by atoms with Crippen LogP contribution in [0, 0.1) is 0 Å². The molecule has 6 aromatic carbocycles. The van der Waals surface area contributed by atoms with E-state index in [1.54, 1.807) is 0 Å². The standard InChI is InChI=1S/C42H30N2/c1-3-11-29(12-4-1)30-19-23-34(24-20-30)44-39-17-9-7-15-35(39)37-25-21-32(28-42(37)44)31-22-26-41-38(27-31)36-16-8-10-18-40(36)43(41)33-13-5-2-6-14-33/h1-28,35,39H. The largest absolute Gasteiger partial charge is 0.333 e. The van der Waals surface area contributed by atoms with E-state index in [1.165, 1.54) is 66.7 Å². The maximum atomic E-state index is 2.53. The zero-order chi connectivity index (χ0) is 29.0. The Bertz CT molecular complexity index is 2220. The molecule has 2 unspecified atom stereocenters. The fraction of sp³-hybridized carbons (Fsp3) is 0.0476. The molecule has 208 valence electrons. The fourth-order valence-electron chi connectivity index (χ4n) is 7.27. The second-order valence-electron chi connectivity index (χ2n) is 11.8. The smallest absolute Gasteiger partial charge is 0.0629 e. The number of aromatic nitrogens is 1. The molecule has 0 fully saturated rings. The lowest BCUT2D eigenvalue weighted by atomic mass is 9.90. The number of allylic oxidation sites excluding steroid dienone is 2. The minimum atomic E-state index is 0.263. The number of benzene rings is 6. The van der Waals surface area contributed by atoms with Crippen molar-refractivity contribution in [2.24, 2.45) is 0 Å². The number of hydrogen-bond donors (Lipinski definition) is 0. The van der Waals surface area contributed by atoms with Gasteiger partial charge in [0.2, 0.25) is 0 Å². The number of rotatable bonds is 4. The van der Waals surface area contributed by atoms with Gasteiger partial charge in [-0.15, -0.1) is 0 Å². The molecule has 1 aromatic heterocycles. The van der Waals surface area contributed by atoms with Gasteiger partial charge in [-0.05, 0) is 76.3 Å². The summed E-state index contributed by atoms with van der Waals surface area (Å²) in [5.74, 6) is 0.337. The Balaban J connectivity index is 1.17. The van der Waals surface area contributed by atoms with E-state index in [9.17, 15) is 0 Å². The van der Waals surface area contributed by atoms with Crippen LogP contribution in [0.2, 0.25) is 0 Å². The molecule has 0 radical (unpaired) electrons. The molecular weight excluding hydrogens is 532 g/mol. The van der Waals surface area contributed by atoms with Crippen LogP contribution < -0.4 is 4.90 Å². The number of nitrogens with zero attached hydrogens (tertiary/aromatic N) is 2. The van der Waals surface area contributed by atoms with Crippen LogP contribution in [-0.4, -0.2) is 10.6 Å². The minimum Gasteiger partial charge on any atom is -0.333 e. The van der Waals surface area contributed by atoms with Gasteiger partial charge < -0.3 is 9.47 Å². The van der Waals surface area contributed by atoms with Crippen LogP contribution in [-0.2, 0) is 0 Å². The molecule has 0 saturated heterocycles. The first-order chi connectivity index (χ1) is 21.8. The second kappa shape index (κ2) is 10.00. The first-order valence-corrected chi connectivity index (χ1v) is 15.4. The van der Waals surface area contributed by atoms with Crippen LogP contribution in [0.15, 0.2) is 170 Å². The summed E-state index contributed by atoms with van der Waals surface area (Å²) in [6.45, 7) is 0. The quantitative estimate of drug-likeness (QED) is 0.207. The lowest BCUT2D eigenvalue weighted by Crippen LogP contribution is -2.28. The van der Waals surface area contributed by atoms with Crippen LogP contribution in [0.25, 0.3) is 49.7 Å². The van der Waals surface area contributed by atoms with E-state index >= 15 is 0 Å². The molecule has 2 heterocycles. The zero-order valence-electron chi connectivity index (χ0n) is 24.2. The third kappa shape index (κ3) is 3.88. The Morgan fingerprint density at radius 2 is 1.07 bits per heavy atom. The van der Waals surface area contributed by atoms with Crippen molar-refractivity contribution in [1.29, 1.82) is 0 Å². The van der Waals surface area contributed by atoms with Gasteiger partial charge in [-0.1, -0.05) is 121 Å². The van der Waals surface area contributed by atoms with Gasteiger partial charge in [0.15, 0.2) is 0 Å². The maximum absolute atomic E-state index is 2.53. The van der Waals surface area contributed by atoms with Crippen LogP contribution in [0.3, 0.4) is 0 Å². The summed E-state index contributed by atoms with van der Waals surface area (Å²) in [5, 5.41) is 2.55. The van der Waals surface area contributed by atoms with Crippen molar-refractivity contribution in [2.75, 3.05) is 4.90 Å². The SMILES string of the molecule is C1=CC2c3ccc(-c4ccc5c(c4)c4ccccc4n5-c4ccccc4)cc3N(c3ccc(-c4ccccc4)cc3)C2C=C1. The van der Waals surface area contributed by atoms with Crippen LogP contribution in [0.1, 0.15) is 11.5 Å². The van der Waals surface area contributed by atoms with E-state index in [0.717, 1.165) is 0 Å². The Kier molecular flexibility index (Phi) is 5.67. The van der Waals surface area contributed by atoms with E-state index in [0.29, 0.717) is 5.92 Å². The lowest BCUT2D eigenvalue weighted by Gasteiger charge is -2.29. The summed E-state index contributed by atoms with van der Waals surface area (Å²) in [5.41, 5.74) is 12.5. The number of anilines is 2.